The molecule has 4 aliphatic carbocycles. The first-order valence-electron chi connectivity index (χ1n) is 13.3. The Labute approximate surface area is 208 Å². The summed E-state index contributed by atoms with van der Waals surface area (Å²) in [5.41, 5.74) is 1.26. The Morgan fingerprint density at radius 2 is 1.94 bits per heavy atom. The highest BCUT2D eigenvalue weighted by Crippen LogP contribution is 2.67. The van der Waals surface area contributed by atoms with Gasteiger partial charge in [-0.25, -0.2) is 4.79 Å². The standard InChI is InChI=1S/C28H38N2O5/c1-4-28(34)14-11-22-20-8-7-18-16-19(9-12-26(18,2)21(20)10-13-27(22,28)3)29-35-17-24(31)30-15-5-6-23(30)25(32)33/h1,16,20-23,34H,5-15,17H2,2-3H3,(H,32,33)/b29-19-/t20-,21-,22+,23-,26-,27-,28+/m0/s1. The number of amides is 1. The van der Waals surface area contributed by atoms with Gasteiger partial charge in [0.05, 0.1) is 5.71 Å². The summed E-state index contributed by atoms with van der Waals surface area (Å²) in [7, 11) is 0. The number of carbonyl (C=O) groups is 2. The van der Waals surface area contributed by atoms with Crippen molar-refractivity contribution in [3.05, 3.63) is 11.6 Å². The van der Waals surface area contributed by atoms with Crippen molar-refractivity contribution in [1.29, 1.82) is 0 Å². The summed E-state index contributed by atoms with van der Waals surface area (Å²) < 4.78 is 0. The molecule has 3 saturated carbocycles. The summed E-state index contributed by atoms with van der Waals surface area (Å²) in [5, 5.41) is 24.7. The molecule has 5 aliphatic rings. The van der Waals surface area contributed by atoms with Crippen molar-refractivity contribution in [2.24, 2.45) is 33.7 Å². The number of allylic oxidation sites excluding steroid dienone is 2. The average molecular weight is 483 g/mol. The molecule has 7 heteroatoms. The highest BCUT2D eigenvalue weighted by molar-refractivity contribution is 5.96. The number of carboxylic acids is 1. The van der Waals surface area contributed by atoms with E-state index < -0.39 is 17.6 Å². The van der Waals surface area contributed by atoms with Gasteiger partial charge in [-0.2, -0.15) is 0 Å². The number of aliphatic carboxylic acids is 1. The predicted octanol–water partition coefficient (Wildman–Crippen LogP) is 3.76. The third-order valence-electron chi connectivity index (χ3n) is 10.6. The lowest BCUT2D eigenvalue weighted by Gasteiger charge is -2.58. The van der Waals surface area contributed by atoms with Gasteiger partial charge in [-0.05, 0) is 93.5 Å². The summed E-state index contributed by atoms with van der Waals surface area (Å²) in [6.45, 7) is 4.86. The zero-order chi connectivity index (χ0) is 25.0. The van der Waals surface area contributed by atoms with Crippen LogP contribution in [-0.2, 0) is 14.4 Å². The van der Waals surface area contributed by atoms with E-state index in [2.05, 4.69) is 31.0 Å². The van der Waals surface area contributed by atoms with Crippen LogP contribution < -0.4 is 0 Å². The van der Waals surface area contributed by atoms with Gasteiger partial charge in [0, 0.05) is 12.0 Å². The number of hydrogen-bond donors (Lipinski definition) is 2. The molecule has 0 radical (unpaired) electrons. The number of hydrogen-bond acceptors (Lipinski definition) is 5. The number of oxime groups is 1. The van der Waals surface area contributed by atoms with Gasteiger partial charge in [-0.15, -0.1) is 6.42 Å². The molecule has 1 amide bonds. The van der Waals surface area contributed by atoms with Gasteiger partial charge >= 0.3 is 5.97 Å². The molecule has 4 fully saturated rings. The van der Waals surface area contributed by atoms with Crippen LogP contribution >= 0.6 is 0 Å². The number of terminal acetylenes is 1. The summed E-state index contributed by atoms with van der Waals surface area (Å²) in [5.74, 6) is 3.14. The molecule has 1 saturated heterocycles. The summed E-state index contributed by atoms with van der Waals surface area (Å²) in [6.07, 6.45) is 16.9. The first-order valence-corrected chi connectivity index (χ1v) is 13.3. The first kappa shape index (κ1) is 24.4. The Hall–Kier alpha value is -2.33. The highest BCUT2D eigenvalue weighted by atomic mass is 16.6. The second-order valence-corrected chi connectivity index (χ2v) is 11.9. The molecule has 5 rings (SSSR count). The quantitative estimate of drug-likeness (QED) is 0.470. The SMILES string of the molecule is C#C[C@@]1(O)CC[C@@H]2[C@H]3CCC4=C/C(=N\OCC(=O)N5CCC[C@H]5C(=O)O)CC[C@]4(C)[C@H]3CC[C@@]21C. The maximum Gasteiger partial charge on any atom is 0.326 e. The van der Waals surface area contributed by atoms with Crippen LogP contribution in [0, 0.1) is 40.9 Å². The van der Waals surface area contributed by atoms with Gasteiger partial charge in [0.15, 0.2) is 6.61 Å². The fourth-order valence-electron chi connectivity index (χ4n) is 8.47. The molecule has 7 atom stereocenters. The van der Waals surface area contributed by atoms with Crippen LogP contribution in [-0.4, -0.2) is 57.5 Å². The Morgan fingerprint density at radius 3 is 2.69 bits per heavy atom. The van der Waals surface area contributed by atoms with Crippen LogP contribution in [0.15, 0.2) is 16.8 Å². The number of rotatable bonds is 4. The van der Waals surface area contributed by atoms with E-state index in [4.69, 9.17) is 11.3 Å². The fourth-order valence-corrected chi connectivity index (χ4v) is 8.47. The Bertz CT molecular complexity index is 1010. The van der Waals surface area contributed by atoms with Crippen molar-refractivity contribution in [2.75, 3.05) is 13.2 Å². The maximum atomic E-state index is 12.4. The van der Waals surface area contributed by atoms with Gasteiger partial charge < -0.3 is 20.0 Å². The van der Waals surface area contributed by atoms with Crippen molar-refractivity contribution < 1.29 is 24.6 Å². The molecule has 0 aromatic rings. The smallest absolute Gasteiger partial charge is 0.326 e. The van der Waals surface area contributed by atoms with Gasteiger partial charge in [-0.3, -0.25) is 4.79 Å². The van der Waals surface area contributed by atoms with Crippen molar-refractivity contribution in [3.8, 4) is 12.3 Å². The second kappa shape index (κ2) is 8.65. The average Bonchev–Trinajstić information content (AvgIpc) is 3.43. The van der Waals surface area contributed by atoms with E-state index in [-0.39, 0.29) is 23.3 Å². The number of carboxylic acid groups (broad SMARTS) is 1. The van der Waals surface area contributed by atoms with E-state index in [1.165, 1.54) is 10.5 Å². The maximum absolute atomic E-state index is 12.4. The minimum absolute atomic E-state index is 0.125. The molecule has 1 aliphatic heterocycles. The second-order valence-electron chi connectivity index (χ2n) is 11.9. The topological polar surface area (TPSA) is 99.4 Å². The molecular formula is C28H38N2O5. The van der Waals surface area contributed by atoms with Crippen molar-refractivity contribution in [1.82, 2.24) is 4.90 Å². The molecule has 0 bridgehead atoms. The molecule has 2 N–H and O–H groups in total. The Morgan fingerprint density at radius 1 is 1.17 bits per heavy atom. The highest BCUT2D eigenvalue weighted by Gasteiger charge is 2.63. The molecule has 0 unspecified atom stereocenters. The molecule has 7 nitrogen and oxygen atoms in total. The Kier molecular flexibility index (Phi) is 6.03. The fraction of sp³-hybridized carbons (Fsp3) is 0.750. The Balaban J connectivity index is 1.25. The van der Waals surface area contributed by atoms with Gasteiger partial charge in [0.25, 0.3) is 5.91 Å². The first-order chi connectivity index (χ1) is 16.6. The molecule has 1 heterocycles. The monoisotopic (exact) mass is 482 g/mol. The van der Waals surface area contributed by atoms with Crippen LogP contribution in [0.5, 0.6) is 0 Å². The number of nitrogens with zero attached hydrogens (tertiary/aromatic N) is 2. The lowest BCUT2D eigenvalue weighted by molar-refractivity contribution is -0.150. The molecule has 190 valence electrons. The van der Waals surface area contributed by atoms with Gasteiger partial charge in [0.1, 0.15) is 11.6 Å². The van der Waals surface area contributed by atoms with Crippen LogP contribution in [0.4, 0.5) is 0 Å². The van der Waals surface area contributed by atoms with Crippen LogP contribution in [0.3, 0.4) is 0 Å². The summed E-state index contributed by atoms with van der Waals surface area (Å²) >= 11 is 0. The van der Waals surface area contributed by atoms with E-state index in [1.54, 1.807) is 0 Å². The minimum Gasteiger partial charge on any atom is -0.480 e. The molecule has 0 spiro atoms. The van der Waals surface area contributed by atoms with E-state index in [0.717, 1.165) is 50.7 Å². The van der Waals surface area contributed by atoms with Crippen LogP contribution in [0.25, 0.3) is 0 Å². The lowest BCUT2D eigenvalue weighted by atomic mass is 9.46. The van der Waals surface area contributed by atoms with Crippen molar-refractivity contribution >= 4 is 17.6 Å². The lowest BCUT2D eigenvalue weighted by Crippen LogP contribution is -2.54. The van der Waals surface area contributed by atoms with Gasteiger partial charge in [-0.1, -0.05) is 30.5 Å². The van der Waals surface area contributed by atoms with Crippen molar-refractivity contribution in [2.45, 2.75) is 89.7 Å². The van der Waals surface area contributed by atoms with Crippen LogP contribution in [0.1, 0.15) is 78.1 Å². The van der Waals surface area contributed by atoms with E-state index in [9.17, 15) is 19.8 Å². The largest absolute Gasteiger partial charge is 0.480 e. The number of aliphatic hydroxyl groups is 1. The summed E-state index contributed by atoms with van der Waals surface area (Å²) in [4.78, 5) is 30.6. The molecule has 35 heavy (non-hydrogen) atoms. The van der Waals surface area contributed by atoms with E-state index in [0.29, 0.717) is 43.6 Å². The van der Waals surface area contributed by atoms with Crippen LogP contribution in [0.2, 0.25) is 0 Å². The number of carbonyl (C=O) groups excluding carboxylic acids is 1. The third-order valence-corrected chi connectivity index (χ3v) is 10.6. The van der Waals surface area contributed by atoms with E-state index >= 15 is 0 Å². The number of fused-ring (bicyclic) bond motifs is 5. The molecule has 0 aromatic heterocycles. The number of likely N-dealkylation sites (tertiary alicyclic amines) is 1. The normalized spacial score (nSPS) is 43.5. The molecule has 0 aromatic carbocycles. The minimum atomic E-state index is -0.972. The molecular weight excluding hydrogens is 444 g/mol. The van der Waals surface area contributed by atoms with E-state index in [1.807, 2.05) is 0 Å². The third kappa shape index (κ3) is 3.71. The summed E-state index contributed by atoms with van der Waals surface area (Å²) in [6, 6.07) is -0.750. The van der Waals surface area contributed by atoms with Crippen molar-refractivity contribution in [3.63, 3.8) is 0 Å². The zero-order valence-electron chi connectivity index (χ0n) is 21.0. The zero-order valence-corrected chi connectivity index (χ0v) is 21.0. The van der Waals surface area contributed by atoms with Gasteiger partial charge in [0.2, 0.25) is 0 Å². The predicted molar refractivity (Wildman–Crippen MR) is 131 cm³/mol.